The molecule has 3 aromatic rings. The van der Waals surface area contributed by atoms with Gasteiger partial charge in [-0.05, 0) is 25.3 Å². The summed E-state index contributed by atoms with van der Waals surface area (Å²) in [5.74, 6) is -0.0114. The lowest BCUT2D eigenvalue weighted by Gasteiger charge is -2.23. The number of carbonyl (C=O) groups excluding carboxylic acids is 1. The highest BCUT2D eigenvalue weighted by molar-refractivity contribution is 7.13. The third kappa shape index (κ3) is 3.39. The number of hydrogen-bond acceptors (Lipinski definition) is 4. The number of rotatable bonds is 4. The second-order valence-corrected chi connectivity index (χ2v) is 7.75. The van der Waals surface area contributed by atoms with Crippen molar-refractivity contribution in [3.05, 3.63) is 57.8 Å². The Morgan fingerprint density at radius 2 is 2.27 bits per heavy atom. The normalized spacial score (nSPS) is 16.3. The summed E-state index contributed by atoms with van der Waals surface area (Å²) in [5.41, 5.74) is 4.03. The molecule has 1 unspecified atom stereocenters. The topological polar surface area (TPSA) is 59.8 Å². The summed E-state index contributed by atoms with van der Waals surface area (Å²) in [6, 6.07) is 7.66. The molecular weight excluding hydrogens is 368 g/mol. The van der Waals surface area contributed by atoms with Gasteiger partial charge in [0.2, 0.25) is 5.91 Å². The van der Waals surface area contributed by atoms with E-state index in [-0.39, 0.29) is 18.4 Å². The van der Waals surface area contributed by atoms with Crippen molar-refractivity contribution in [1.29, 1.82) is 0 Å². The first-order valence-corrected chi connectivity index (χ1v) is 9.87. The number of halogens is 1. The number of amides is 1. The third-order valence-corrected chi connectivity index (χ3v) is 5.96. The predicted octanol–water partition coefficient (Wildman–Crippen LogP) is 3.93. The standard InChI is InChI=1S/C19H19ClN4OS/c1-24-17-8-4-7-16(14(17)10-21-24)23-18(25)9-12-11-26-19(22-12)13-5-2-3-6-15(13)20/h2-3,5-6,10-11,16H,4,7-9H2,1H3,(H,23,25). The maximum absolute atomic E-state index is 12.5. The SMILES string of the molecule is Cn1ncc2c1CCCC2NC(=O)Cc1csc(-c2ccccc2Cl)n1. The molecule has 0 saturated heterocycles. The Balaban J connectivity index is 1.44. The molecule has 2 aromatic heterocycles. The van der Waals surface area contributed by atoms with Crippen molar-refractivity contribution in [2.75, 3.05) is 0 Å². The Morgan fingerprint density at radius 3 is 3.12 bits per heavy atom. The van der Waals surface area contributed by atoms with Crippen LogP contribution in [0.3, 0.4) is 0 Å². The summed E-state index contributed by atoms with van der Waals surface area (Å²) in [5, 5.41) is 10.9. The van der Waals surface area contributed by atoms with E-state index in [1.807, 2.05) is 47.6 Å². The van der Waals surface area contributed by atoms with Gasteiger partial charge in [-0.25, -0.2) is 4.98 Å². The van der Waals surface area contributed by atoms with Crippen molar-refractivity contribution in [2.45, 2.75) is 31.7 Å². The van der Waals surface area contributed by atoms with Crippen molar-refractivity contribution in [1.82, 2.24) is 20.1 Å². The van der Waals surface area contributed by atoms with Crippen LogP contribution in [-0.4, -0.2) is 20.7 Å². The Morgan fingerprint density at radius 1 is 1.42 bits per heavy atom. The number of nitrogens with one attached hydrogen (secondary N) is 1. The lowest BCUT2D eigenvalue weighted by atomic mass is 9.93. The molecule has 1 aliphatic rings. The fraction of sp³-hybridized carbons (Fsp3) is 0.316. The van der Waals surface area contributed by atoms with Gasteiger partial charge in [-0.1, -0.05) is 29.8 Å². The van der Waals surface area contributed by atoms with Gasteiger partial charge in [-0.15, -0.1) is 11.3 Å². The minimum Gasteiger partial charge on any atom is -0.349 e. The molecule has 1 amide bonds. The zero-order valence-corrected chi connectivity index (χ0v) is 16.0. The maximum Gasteiger partial charge on any atom is 0.226 e. The molecule has 4 rings (SSSR count). The summed E-state index contributed by atoms with van der Waals surface area (Å²) in [6.45, 7) is 0. The molecule has 26 heavy (non-hydrogen) atoms. The van der Waals surface area contributed by atoms with Crippen molar-refractivity contribution in [2.24, 2.45) is 7.05 Å². The van der Waals surface area contributed by atoms with Gasteiger partial charge >= 0.3 is 0 Å². The molecule has 0 bridgehead atoms. The number of hydrogen-bond donors (Lipinski definition) is 1. The molecule has 5 nitrogen and oxygen atoms in total. The highest BCUT2D eigenvalue weighted by Crippen LogP contribution is 2.31. The van der Waals surface area contributed by atoms with Gasteiger partial charge in [0.15, 0.2) is 0 Å². The molecule has 1 N–H and O–H groups in total. The Hall–Kier alpha value is -2.18. The molecule has 134 valence electrons. The van der Waals surface area contributed by atoms with E-state index in [2.05, 4.69) is 15.4 Å². The zero-order chi connectivity index (χ0) is 18.1. The second kappa shape index (κ2) is 7.21. The molecule has 0 aliphatic heterocycles. The van der Waals surface area contributed by atoms with E-state index in [0.29, 0.717) is 5.02 Å². The lowest BCUT2D eigenvalue weighted by Crippen LogP contribution is -2.32. The van der Waals surface area contributed by atoms with E-state index in [4.69, 9.17) is 11.6 Å². The highest BCUT2D eigenvalue weighted by Gasteiger charge is 2.25. The van der Waals surface area contributed by atoms with Crippen LogP contribution in [0.4, 0.5) is 0 Å². The summed E-state index contributed by atoms with van der Waals surface area (Å²) < 4.78 is 1.91. The van der Waals surface area contributed by atoms with Gasteiger partial charge in [0, 0.05) is 29.2 Å². The minimum absolute atomic E-state index is 0.0114. The van der Waals surface area contributed by atoms with Crippen molar-refractivity contribution >= 4 is 28.8 Å². The molecular formula is C19H19ClN4OS. The van der Waals surface area contributed by atoms with Crippen LogP contribution in [0.2, 0.25) is 5.02 Å². The first kappa shape index (κ1) is 17.2. The highest BCUT2D eigenvalue weighted by atomic mass is 35.5. The van der Waals surface area contributed by atoms with Gasteiger partial charge < -0.3 is 5.32 Å². The van der Waals surface area contributed by atoms with E-state index in [1.165, 1.54) is 17.0 Å². The zero-order valence-electron chi connectivity index (χ0n) is 14.4. The number of nitrogens with zero attached hydrogens (tertiary/aromatic N) is 3. The fourth-order valence-electron chi connectivity index (χ4n) is 3.41. The first-order chi connectivity index (χ1) is 12.6. The summed E-state index contributed by atoms with van der Waals surface area (Å²) in [6.07, 6.45) is 5.17. The van der Waals surface area contributed by atoms with E-state index in [0.717, 1.165) is 41.1 Å². The van der Waals surface area contributed by atoms with Crippen molar-refractivity contribution in [3.8, 4) is 10.6 Å². The van der Waals surface area contributed by atoms with Crippen LogP contribution in [0, 0.1) is 0 Å². The van der Waals surface area contributed by atoms with Crippen LogP contribution in [-0.2, 0) is 24.7 Å². The van der Waals surface area contributed by atoms with Gasteiger partial charge in [0.05, 0.1) is 29.4 Å². The molecule has 7 heteroatoms. The predicted molar refractivity (Wildman–Crippen MR) is 103 cm³/mol. The number of aromatic nitrogens is 3. The largest absolute Gasteiger partial charge is 0.349 e. The Labute approximate surface area is 161 Å². The average molecular weight is 387 g/mol. The smallest absolute Gasteiger partial charge is 0.226 e. The fourth-order valence-corrected chi connectivity index (χ4v) is 4.55. The van der Waals surface area contributed by atoms with Crippen molar-refractivity contribution in [3.63, 3.8) is 0 Å². The second-order valence-electron chi connectivity index (χ2n) is 6.48. The van der Waals surface area contributed by atoms with Crippen LogP contribution < -0.4 is 5.32 Å². The van der Waals surface area contributed by atoms with E-state index < -0.39 is 0 Å². The monoisotopic (exact) mass is 386 g/mol. The number of benzene rings is 1. The average Bonchev–Trinajstić information content (AvgIpc) is 3.23. The van der Waals surface area contributed by atoms with E-state index in [1.54, 1.807) is 0 Å². The van der Waals surface area contributed by atoms with Gasteiger partial charge in [0.25, 0.3) is 0 Å². The molecule has 0 radical (unpaired) electrons. The van der Waals surface area contributed by atoms with Crippen LogP contribution in [0.5, 0.6) is 0 Å². The van der Waals surface area contributed by atoms with Crippen LogP contribution in [0.25, 0.3) is 10.6 Å². The van der Waals surface area contributed by atoms with Crippen LogP contribution >= 0.6 is 22.9 Å². The molecule has 2 heterocycles. The quantitative estimate of drug-likeness (QED) is 0.738. The van der Waals surface area contributed by atoms with E-state index >= 15 is 0 Å². The van der Waals surface area contributed by atoms with Crippen molar-refractivity contribution < 1.29 is 4.79 Å². The van der Waals surface area contributed by atoms with E-state index in [9.17, 15) is 4.79 Å². The minimum atomic E-state index is -0.0114. The maximum atomic E-state index is 12.5. The molecule has 0 spiro atoms. The van der Waals surface area contributed by atoms with Gasteiger partial charge in [-0.2, -0.15) is 5.10 Å². The molecule has 0 saturated carbocycles. The van der Waals surface area contributed by atoms with Crippen LogP contribution in [0.1, 0.15) is 35.8 Å². The summed E-state index contributed by atoms with van der Waals surface area (Å²) >= 11 is 7.74. The third-order valence-electron chi connectivity index (χ3n) is 4.71. The Kier molecular flexibility index (Phi) is 4.78. The molecule has 1 aromatic carbocycles. The lowest BCUT2D eigenvalue weighted by molar-refractivity contribution is -0.121. The molecule has 1 atom stereocenters. The summed E-state index contributed by atoms with van der Waals surface area (Å²) in [4.78, 5) is 17.1. The van der Waals surface area contributed by atoms with Gasteiger partial charge in [-0.3, -0.25) is 9.48 Å². The number of carbonyl (C=O) groups is 1. The first-order valence-electron chi connectivity index (χ1n) is 8.61. The molecule has 0 fully saturated rings. The summed E-state index contributed by atoms with van der Waals surface area (Å²) in [7, 11) is 1.95. The number of fused-ring (bicyclic) bond motifs is 1. The number of thiazole rings is 1. The number of aryl methyl sites for hydroxylation is 1. The van der Waals surface area contributed by atoms with Crippen LogP contribution in [0.15, 0.2) is 35.8 Å². The Bertz CT molecular complexity index is 949. The molecule has 1 aliphatic carbocycles. The van der Waals surface area contributed by atoms with Gasteiger partial charge in [0.1, 0.15) is 5.01 Å².